The average Bonchev–Trinajstić information content (AvgIpc) is 3.39. The lowest BCUT2D eigenvalue weighted by Gasteiger charge is -2.25. The molecule has 12 heteroatoms. The first-order chi connectivity index (χ1) is 23.0. The Balaban J connectivity index is 0.000000436. The minimum Gasteiger partial charge on any atom is -0.411 e. The van der Waals surface area contributed by atoms with E-state index in [1.54, 1.807) is 17.2 Å². The third kappa shape index (κ3) is 16.0. The minimum atomic E-state index is -0.936. The largest absolute Gasteiger partial charge is 0.411 e. The van der Waals surface area contributed by atoms with Crippen LogP contribution in [-0.2, 0) is 14.3 Å². The Morgan fingerprint density at radius 2 is 1.90 bits per heavy atom. The van der Waals surface area contributed by atoms with E-state index in [-0.39, 0.29) is 25.0 Å². The standard InChI is InChI=1S/C20H25N3O2S.C9H17NO3.C7H11NO.CH4/c1-13-11-17(15-9-5-6-10-22-15)26-18(13)20(25)23-16(19(21)24)12-14-7-3-2-4-8-14;1-7-4-3-5-10(6-8(7)11)9(12)13-2;1-7(2)5-3-4-6-8-9;/h5-6,9-11,14,16H,2-4,7-8,12H2,1H3,(H2,21,24)(H,23,25);7,9,12H,3-6H2,1-2H3;3-6,9H,1-2H3;1H4/b;;4-3-,8-6+;/t16-;;;/m0.../s1. The van der Waals surface area contributed by atoms with Gasteiger partial charge in [0.15, 0.2) is 0 Å². The topological polar surface area (TPSA) is 167 Å². The van der Waals surface area contributed by atoms with Crippen LogP contribution in [0.4, 0.5) is 0 Å². The van der Waals surface area contributed by atoms with Gasteiger partial charge < -0.3 is 26.1 Å². The van der Waals surface area contributed by atoms with E-state index in [0.29, 0.717) is 23.8 Å². The van der Waals surface area contributed by atoms with Crippen LogP contribution in [0.3, 0.4) is 0 Å². The lowest BCUT2D eigenvalue weighted by Crippen LogP contribution is -2.45. The highest BCUT2D eigenvalue weighted by Gasteiger charge is 2.27. The van der Waals surface area contributed by atoms with Gasteiger partial charge in [0.1, 0.15) is 11.8 Å². The highest BCUT2D eigenvalue weighted by molar-refractivity contribution is 7.17. The Hall–Kier alpha value is -3.71. The molecule has 2 amide bonds. The summed E-state index contributed by atoms with van der Waals surface area (Å²) in [5.74, 6) is 0.0927. The zero-order chi connectivity index (χ0) is 35.5. The summed E-state index contributed by atoms with van der Waals surface area (Å²) in [6.45, 7) is 8.87. The number of aliphatic hydroxyl groups excluding tert-OH is 1. The number of aromatic nitrogens is 1. The third-order valence-corrected chi connectivity index (χ3v) is 9.45. The summed E-state index contributed by atoms with van der Waals surface area (Å²) in [6.07, 6.45) is 15.9. The molecule has 1 aliphatic heterocycles. The van der Waals surface area contributed by atoms with Crippen molar-refractivity contribution >= 4 is 35.1 Å². The van der Waals surface area contributed by atoms with Crippen molar-refractivity contribution in [3.63, 3.8) is 0 Å². The van der Waals surface area contributed by atoms with Gasteiger partial charge in [-0.3, -0.25) is 19.4 Å². The van der Waals surface area contributed by atoms with Gasteiger partial charge in [-0.15, -0.1) is 11.3 Å². The maximum Gasteiger partial charge on any atom is 0.262 e. The fourth-order valence-corrected chi connectivity index (χ4v) is 6.49. The van der Waals surface area contributed by atoms with Gasteiger partial charge in [0, 0.05) is 25.8 Å². The van der Waals surface area contributed by atoms with E-state index in [2.05, 4.69) is 15.5 Å². The number of ether oxygens (including phenoxy) is 1. The molecule has 0 bridgehead atoms. The highest BCUT2D eigenvalue weighted by atomic mass is 32.1. The number of Topliss-reactive ketones (excluding diaryl/α,β-unsaturated/α-hetero) is 1. The quantitative estimate of drug-likeness (QED) is 0.0718. The number of oxime groups is 1. The number of amides is 2. The van der Waals surface area contributed by atoms with Crippen LogP contribution >= 0.6 is 11.3 Å². The van der Waals surface area contributed by atoms with Gasteiger partial charge in [0.2, 0.25) is 12.3 Å². The smallest absolute Gasteiger partial charge is 0.262 e. The Morgan fingerprint density at radius 1 is 1.18 bits per heavy atom. The van der Waals surface area contributed by atoms with Crippen molar-refractivity contribution in [2.75, 3.05) is 20.2 Å². The fourth-order valence-electron chi connectivity index (χ4n) is 5.44. The monoisotopic (exact) mass is 699 g/mol. The van der Waals surface area contributed by atoms with Crippen LogP contribution in [0, 0.1) is 18.8 Å². The second-order valence-electron chi connectivity index (χ2n) is 12.4. The van der Waals surface area contributed by atoms with E-state index in [1.165, 1.54) is 49.5 Å². The molecule has 1 saturated heterocycles. The van der Waals surface area contributed by atoms with Crippen LogP contribution in [0.2, 0.25) is 0 Å². The molecule has 3 heterocycles. The van der Waals surface area contributed by atoms with Gasteiger partial charge in [-0.2, -0.15) is 0 Å². The van der Waals surface area contributed by atoms with Crippen LogP contribution in [0.5, 0.6) is 0 Å². The number of allylic oxidation sites excluding steroid dienone is 4. The number of hydrogen-bond donors (Lipinski definition) is 4. The number of rotatable bonds is 10. The maximum absolute atomic E-state index is 12.7. The van der Waals surface area contributed by atoms with Crippen LogP contribution in [-0.4, -0.2) is 76.7 Å². The molecule has 1 aliphatic carbocycles. The van der Waals surface area contributed by atoms with Gasteiger partial charge in [0.25, 0.3) is 5.91 Å². The van der Waals surface area contributed by atoms with Gasteiger partial charge in [-0.05, 0) is 75.8 Å². The molecular weight excluding hydrogens is 643 g/mol. The Labute approximate surface area is 296 Å². The van der Waals surface area contributed by atoms with Gasteiger partial charge in [-0.25, -0.2) is 4.90 Å². The van der Waals surface area contributed by atoms with Crippen molar-refractivity contribution in [3.05, 3.63) is 64.7 Å². The first-order valence-electron chi connectivity index (χ1n) is 16.5. The number of nitrogens with two attached hydrogens (primary N) is 1. The van der Waals surface area contributed by atoms with E-state index in [9.17, 15) is 19.5 Å². The molecule has 2 fully saturated rings. The Kier molecular flexibility index (Phi) is 20.9. The molecule has 49 heavy (non-hydrogen) atoms. The molecule has 2 aromatic rings. The zero-order valence-corrected chi connectivity index (χ0v) is 29.7. The van der Waals surface area contributed by atoms with Crippen molar-refractivity contribution in [1.29, 1.82) is 0 Å². The van der Waals surface area contributed by atoms with E-state index in [1.807, 2.05) is 64.1 Å². The predicted octanol–water partition coefficient (Wildman–Crippen LogP) is 6.49. The van der Waals surface area contributed by atoms with Crippen LogP contribution in [0.1, 0.15) is 94.8 Å². The number of aryl methyl sites for hydroxylation is 1. The van der Waals surface area contributed by atoms with E-state index in [4.69, 9.17) is 15.7 Å². The number of carbonyl (C=O) groups is 3. The number of thiophene rings is 1. The lowest BCUT2D eigenvalue weighted by atomic mass is 9.84. The Bertz CT molecular complexity index is 1370. The number of hydrogen-bond acceptors (Lipinski definition) is 10. The summed E-state index contributed by atoms with van der Waals surface area (Å²) in [6, 6.07) is 7.06. The minimum absolute atomic E-state index is 0. The molecule has 2 aromatic heterocycles. The number of nitrogens with one attached hydrogen (secondary N) is 1. The second kappa shape index (κ2) is 23.6. The molecule has 5 N–H and O–H groups in total. The molecule has 272 valence electrons. The molecular formula is C37H57N5O6S. The van der Waals surface area contributed by atoms with Crippen molar-refractivity contribution in [1.82, 2.24) is 15.2 Å². The van der Waals surface area contributed by atoms with Gasteiger partial charge in [0.05, 0.1) is 28.2 Å². The second-order valence-corrected chi connectivity index (χ2v) is 13.5. The van der Waals surface area contributed by atoms with Crippen LogP contribution in [0.15, 0.2) is 59.4 Å². The molecule has 11 nitrogen and oxygen atoms in total. The summed E-state index contributed by atoms with van der Waals surface area (Å²) in [5.41, 5.74) is 8.50. The number of nitrogens with zero attached hydrogens (tertiary/aromatic N) is 3. The molecule has 4 rings (SSSR count). The highest BCUT2D eigenvalue weighted by Crippen LogP contribution is 2.31. The predicted molar refractivity (Wildman–Crippen MR) is 198 cm³/mol. The van der Waals surface area contributed by atoms with Crippen LogP contribution in [0.25, 0.3) is 10.6 Å². The number of pyridine rings is 1. The summed E-state index contributed by atoms with van der Waals surface area (Å²) in [7, 11) is 1.43. The molecule has 0 aromatic carbocycles. The van der Waals surface area contributed by atoms with Crippen molar-refractivity contribution in [2.24, 2.45) is 22.7 Å². The number of ketones is 1. The van der Waals surface area contributed by atoms with Gasteiger partial charge in [-0.1, -0.05) is 75.4 Å². The molecule has 2 unspecified atom stereocenters. The summed E-state index contributed by atoms with van der Waals surface area (Å²) < 4.78 is 4.76. The van der Waals surface area contributed by atoms with Crippen LogP contribution < -0.4 is 11.1 Å². The molecule has 3 atom stereocenters. The van der Waals surface area contributed by atoms with Crippen molar-refractivity contribution in [3.8, 4) is 10.6 Å². The molecule has 0 radical (unpaired) electrons. The zero-order valence-electron chi connectivity index (χ0n) is 28.9. The van der Waals surface area contributed by atoms with E-state index < -0.39 is 18.4 Å². The number of likely N-dealkylation sites (tertiary alicyclic amines) is 1. The molecule has 1 saturated carbocycles. The van der Waals surface area contributed by atoms with Crippen molar-refractivity contribution < 1.29 is 29.4 Å². The maximum atomic E-state index is 12.7. The number of aliphatic hydroxyl groups is 1. The van der Waals surface area contributed by atoms with E-state index >= 15 is 0 Å². The third-order valence-electron chi connectivity index (χ3n) is 8.19. The van der Waals surface area contributed by atoms with Crippen molar-refractivity contribution in [2.45, 2.75) is 98.9 Å². The Morgan fingerprint density at radius 3 is 2.49 bits per heavy atom. The SMILES string of the molecule is C.CC(C)=C/C=C\C=N\O.COC(O)N1CCCC(C)C(=O)C1.Cc1cc(-c2ccccn2)sc1C(=O)N[C@@H](CC1CCCCC1)C(N)=O. The number of carbonyl (C=O) groups excluding carboxylic acids is 3. The first kappa shape index (κ1) is 43.3. The first-order valence-corrected chi connectivity index (χ1v) is 17.4. The normalized spacial score (nSPS) is 18.2. The summed E-state index contributed by atoms with van der Waals surface area (Å²) >= 11 is 1.39. The van der Waals surface area contributed by atoms with Gasteiger partial charge >= 0.3 is 0 Å². The molecule has 2 aliphatic rings. The lowest BCUT2D eigenvalue weighted by molar-refractivity contribution is -0.177. The number of methoxy groups -OCH3 is 1. The summed E-state index contributed by atoms with van der Waals surface area (Å²) in [4.78, 5) is 43.6. The number of primary amides is 1. The molecule has 0 spiro atoms. The fraction of sp³-hybridized carbons (Fsp3) is 0.541. The summed E-state index contributed by atoms with van der Waals surface area (Å²) in [5, 5.41) is 22.9. The average molecular weight is 700 g/mol. The van der Waals surface area contributed by atoms with E-state index in [0.717, 1.165) is 48.4 Å².